The summed E-state index contributed by atoms with van der Waals surface area (Å²) in [5.74, 6) is -0.360. The number of hydrogen-bond donors (Lipinski definition) is 2. The van der Waals surface area contributed by atoms with Crippen LogP contribution in [0.5, 0.6) is 0 Å². The second kappa shape index (κ2) is 6.95. The van der Waals surface area contributed by atoms with E-state index in [0.717, 1.165) is 25.8 Å². The molecule has 1 fully saturated rings. The molecule has 1 aliphatic carbocycles. The van der Waals surface area contributed by atoms with Gasteiger partial charge in [0.1, 0.15) is 0 Å². The summed E-state index contributed by atoms with van der Waals surface area (Å²) in [6.07, 6.45) is 3.00. The fourth-order valence-electron chi connectivity index (χ4n) is 2.70. The second-order valence-electron chi connectivity index (χ2n) is 6.72. The van der Waals surface area contributed by atoms with Crippen molar-refractivity contribution in [3.63, 3.8) is 0 Å². The van der Waals surface area contributed by atoms with E-state index in [1.54, 1.807) is 0 Å². The molecule has 2 amide bonds. The molecule has 5 nitrogen and oxygen atoms in total. The number of rotatable bonds is 7. The molecule has 0 atom stereocenters. The number of carboxylic acid groups (broad SMARTS) is 1. The van der Waals surface area contributed by atoms with Crippen LogP contribution in [0.3, 0.4) is 0 Å². The van der Waals surface area contributed by atoms with E-state index in [9.17, 15) is 9.59 Å². The summed E-state index contributed by atoms with van der Waals surface area (Å²) < 4.78 is 0. The minimum atomic E-state index is -0.776. The lowest BCUT2D eigenvalue weighted by Gasteiger charge is -2.41. The molecule has 1 aliphatic rings. The molecule has 0 heterocycles. The van der Waals surface area contributed by atoms with Crippen molar-refractivity contribution in [2.24, 2.45) is 11.3 Å². The largest absolute Gasteiger partial charge is 0.481 e. The first-order chi connectivity index (χ1) is 9.26. The van der Waals surface area contributed by atoms with Crippen LogP contribution in [0.15, 0.2) is 0 Å². The van der Waals surface area contributed by atoms with Gasteiger partial charge in [-0.3, -0.25) is 4.79 Å². The number of urea groups is 1. The van der Waals surface area contributed by atoms with E-state index in [4.69, 9.17) is 5.11 Å². The van der Waals surface area contributed by atoms with Gasteiger partial charge in [0.2, 0.25) is 0 Å². The first kappa shape index (κ1) is 16.8. The Kier molecular flexibility index (Phi) is 5.84. The van der Waals surface area contributed by atoms with Crippen molar-refractivity contribution in [1.82, 2.24) is 10.2 Å². The van der Waals surface area contributed by atoms with E-state index in [-0.39, 0.29) is 23.9 Å². The normalized spacial score (nSPS) is 16.9. The summed E-state index contributed by atoms with van der Waals surface area (Å²) >= 11 is 0. The van der Waals surface area contributed by atoms with Crippen LogP contribution in [-0.2, 0) is 4.79 Å². The van der Waals surface area contributed by atoms with Gasteiger partial charge in [0.15, 0.2) is 0 Å². The number of aliphatic carboxylic acids is 1. The van der Waals surface area contributed by atoms with Gasteiger partial charge in [-0.15, -0.1) is 0 Å². The van der Waals surface area contributed by atoms with E-state index in [0.29, 0.717) is 12.5 Å². The highest BCUT2D eigenvalue weighted by atomic mass is 16.4. The van der Waals surface area contributed by atoms with Crippen LogP contribution in [0, 0.1) is 11.3 Å². The van der Waals surface area contributed by atoms with Gasteiger partial charge in [0.05, 0.1) is 6.42 Å². The number of nitrogens with zero attached hydrogens (tertiary/aromatic N) is 1. The van der Waals surface area contributed by atoms with Gasteiger partial charge in [-0.2, -0.15) is 0 Å². The molecule has 0 saturated heterocycles. The monoisotopic (exact) mass is 284 g/mol. The number of carbonyl (C=O) groups is 2. The van der Waals surface area contributed by atoms with Crippen LogP contribution in [0.4, 0.5) is 4.79 Å². The molecule has 0 unspecified atom stereocenters. The molecular formula is C15H28N2O3. The van der Waals surface area contributed by atoms with Crippen LogP contribution in [0.25, 0.3) is 0 Å². The molecule has 20 heavy (non-hydrogen) atoms. The molecule has 1 saturated carbocycles. The van der Waals surface area contributed by atoms with Crippen LogP contribution in [0.2, 0.25) is 0 Å². The third-order valence-electron chi connectivity index (χ3n) is 4.00. The second-order valence-corrected chi connectivity index (χ2v) is 6.72. The molecule has 0 radical (unpaired) electrons. The smallest absolute Gasteiger partial charge is 0.317 e. The Labute approximate surface area is 121 Å². The Hall–Kier alpha value is -1.26. The zero-order valence-corrected chi connectivity index (χ0v) is 13.1. The lowest BCUT2D eigenvalue weighted by Crippen LogP contribution is -2.50. The van der Waals surface area contributed by atoms with Crippen LogP contribution >= 0.6 is 0 Å². The van der Waals surface area contributed by atoms with Gasteiger partial charge in [-0.1, -0.05) is 20.3 Å². The topological polar surface area (TPSA) is 69.6 Å². The highest BCUT2D eigenvalue weighted by Gasteiger charge is 2.39. The van der Waals surface area contributed by atoms with Gasteiger partial charge in [-0.25, -0.2) is 4.79 Å². The molecular weight excluding hydrogens is 256 g/mol. The Morgan fingerprint density at radius 1 is 1.25 bits per heavy atom. The number of nitrogens with one attached hydrogen (secondary N) is 1. The quantitative estimate of drug-likeness (QED) is 0.755. The summed E-state index contributed by atoms with van der Waals surface area (Å²) in [5, 5.41) is 11.9. The van der Waals surface area contributed by atoms with Gasteiger partial charge < -0.3 is 15.3 Å². The fraction of sp³-hybridized carbons (Fsp3) is 0.867. The number of carboxylic acids is 1. The summed E-state index contributed by atoms with van der Waals surface area (Å²) in [5.41, 5.74) is -0.220. The molecule has 116 valence electrons. The number of hydrogen-bond acceptors (Lipinski definition) is 2. The summed E-state index contributed by atoms with van der Waals surface area (Å²) in [6.45, 7) is 9.35. The van der Waals surface area contributed by atoms with Crippen molar-refractivity contribution in [2.75, 3.05) is 13.1 Å². The van der Waals surface area contributed by atoms with Crippen molar-refractivity contribution in [3.8, 4) is 0 Å². The highest BCUT2D eigenvalue weighted by molar-refractivity contribution is 5.75. The van der Waals surface area contributed by atoms with Gasteiger partial charge >= 0.3 is 12.0 Å². The van der Waals surface area contributed by atoms with Gasteiger partial charge in [0.25, 0.3) is 0 Å². The Morgan fingerprint density at radius 3 is 2.20 bits per heavy atom. The SMILES string of the molecule is CC(C)CN(C(=O)NCC1(CC(=O)O)CCC1)C(C)C. The van der Waals surface area contributed by atoms with Crippen LogP contribution in [0.1, 0.15) is 53.4 Å². The van der Waals surface area contributed by atoms with Crippen molar-refractivity contribution < 1.29 is 14.7 Å². The summed E-state index contributed by atoms with van der Waals surface area (Å²) in [4.78, 5) is 25.0. The molecule has 1 rings (SSSR count). The third kappa shape index (κ3) is 4.69. The number of carbonyl (C=O) groups excluding carboxylic acids is 1. The van der Waals surface area contributed by atoms with Crippen LogP contribution < -0.4 is 5.32 Å². The maximum Gasteiger partial charge on any atom is 0.317 e. The van der Waals surface area contributed by atoms with Gasteiger partial charge in [0, 0.05) is 19.1 Å². The summed E-state index contributed by atoms with van der Waals surface area (Å²) in [7, 11) is 0. The molecule has 0 aromatic rings. The Bertz CT molecular complexity index is 349. The fourth-order valence-corrected chi connectivity index (χ4v) is 2.70. The third-order valence-corrected chi connectivity index (χ3v) is 4.00. The Morgan fingerprint density at radius 2 is 1.85 bits per heavy atom. The van der Waals surface area contributed by atoms with Crippen molar-refractivity contribution >= 4 is 12.0 Å². The average Bonchev–Trinajstić information content (AvgIpc) is 2.27. The number of amides is 2. The molecule has 0 aromatic carbocycles. The highest BCUT2D eigenvalue weighted by Crippen LogP contribution is 2.43. The van der Waals surface area contributed by atoms with Crippen molar-refractivity contribution in [2.45, 2.75) is 59.4 Å². The Balaban J connectivity index is 2.53. The van der Waals surface area contributed by atoms with Gasteiger partial charge in [-0.05, 0) is 38.0 Å². The first-order valence-corrected chi connectivity index (χ1v) is 7.52. The average molecular weight is 284 g/mol. The molecule has 0 bridgehead atoms. The molecule has 0 spiro atoms. The summed E-state index contributed by atoms with van der Waals surface area (Å²) in [6, 6.07) is 0.0691. The predicted octanol–water partition coefficient (Wildman–Crippen LogP) is 2.71. The van der Waals surface area contributed by atoms with E-state index >= 15 is 0 Å². The van der Waals surface area contributed by atoms with E-state index in [2.05, 4.69) is 19.2 Å². The molecule has 0 aromatic heterocycles. The van der Waals surface area contributed by atoms with Crippen LogP contribution in [-0.4, -0.2) is 41.1 Å². The standard InChI is InChI=1S/C15H28N2O3/c1-11(2)9-17(12(3)4)14(20)16-10-15(6-5-7-15)8-13(18)19/h11-12H,5-10H2,1-4H3,(H,16,20)(H,18,19). The predicted molar refractivity (Wildman–Crippen MR) is 78.6 cm³/mol. The van der Waals surface area contributed by atoms with E-state index in [1.807, 2.05) is 18.7 Å². The van der Waals surface area contributed by atoms with E-state index in [1.165, 1.54) is 0 Å². The maximum absolute atomic E-state index is 12.3. The zero-order valence-electron chi connectivity index (χ0n) is 13.1. The van der Waals surface area contributed by atoms with E-state index < -0.39 is 5.97 Å². The lowest BCUT2D eigenvalue weighted by atomic mass is 9.66. The molecule has 5 heteroatoms. The zero-order chi connectivity index (χ0) is 15.3. The minimum Gasteiger partial charge on any atom is -0.481 e. The maximum atomic E-state index is 12.3. The van der Waals surface area contributed by atoms with Crippen molar-refractivity contribution in [1.29, 1.82) is 0 Å². The van der Waals surface area contributed by atoms with Crippen molar-refractivity contribution in [3.05, 3.63) is 0 Å². The lowest BCUT2D eigenvalue weighted by molar-refractivity contribution is -0.141. The first-order valence-electron chi connectivity index (χ1n) is 7.52. The molecule has 0 aliphatic heterocycles. The minimum absolute atomic E-state index is 0.0784. The molecule has 2 N–H and O–H groups in total.